The van der Waals surface area contributed by atoms with E-state index in [0.29, 0.717) is 16.9 Å². The lowest BCUT2D eigenvalue weighted by Gasteiger charge is -2.07. The highest BCUT2D eigenvalue weighted by atomic mass is 32.2. The normalized spacial score (nSPS) is 12.1. The molecule has 9 heteroatoms. The van der Waals surface area contributed by atoms with Gasteiger partial charge in [-0.1, -0.05) is 19.1 Å². The summed E-state index contributed by atoms with van der Waals surface area (Å²) in [5.74, 6) is -0.0408. The monoisotopic (exact) mass is 355 g/mol. The van der Waals surface area contributed by atoms with E-state index in [4.69, 9.17) is 0 Å². The lowest BCUT2D eigenvalue weighted by atomic mass is 10.1. The van der Waals surface area contributed by atoms with Crippen molar-refractivity contribution in [3.63, 3.8) is 0 Å². The standard InChI is InChI=1S/C14H17N3O4S2/c1-3-22(18,19)14-10-9-13(15-16-14)11-5-7-12(8-6-11)17-23(20,21)4-2/h5-10,17H,3-4H2,1-2H3. The molecule has 0 spiro atoms. The third kappa shape index (κ3) is 4.26. The first kappa shape index (κ1) is 17.4. The minimum atomic E-state index is -3.38. The smallest absolute Gasteiger partial charge is 0.232 e. The van der Waals surface area contributed by atoms with Crippen LogP contribution >= 0.6 is 0 Å². The van der Waals surface area contributed by atoms with Crippen molar-refractivity contribution in [1.82, 2.24) is 10.2 Å². The van der Waals surface area contributed by atoms with Gasteiger partial charge >= 0.3 is 0 Å². The Morgan fingerprint density at radius 3 is 2.00 bits per heavy atom. The molecule has 0 aliphatic rings. The zero-order chi connectivity index (χ0) is 17.1. The van der Waals surface area contributed by atoms with E-state index in [2.05, 4.69) is 14.9 Å². The molecule has 0 aliphatic heterocycles. The molecule has 1 N–H and O–H groups in total. The second-order valence-corrected chi connectivity index (χ2v) is 8.98. The number of rotatable bonds is 6. The summed E-state index contributed by atoms with van der Waals surface area (Å²) < 4.78 is 48.8. The van der Waals surface area contributed by atoms with E-state index in [1.165, 1.54) is 6.07 Å². The van der Waals surface area contributed by atoms with Crippen molar-refractivity contribution < 1.29 is 16.8 Å². The molecule has 0 radical (unpaired) electrons. The van der Waals surface area contributed by atoms with Gasteiger partial charge in [-0.05, 0) is 31.2 Å². The van der Waals surface area contributed by atoms with Crippen LogP contribution in [0.3, 0.4) is 0 Å². The molecule has 2 aromatic rings. The lowest BCUT2D eigenvalue weighted by molar-refractivity contribution is 0.591. The van der Waals surface area contributed by atoms with Crippen molar-refractivity contribution in [3.8, 4) is 11.3 Å². The average Bonchev–Trinajstić information content (AvgIpc) is 2.55. The molecule has 7 nitrogen and oxygen atoms in total. The zero-order valence-corrected chi connectivity index (χ0v) is 14.4. The molecule has 0 bridgehead atoms. The van der Waals surface area contributed by atoms with E-state index in [0.717, 1.165) is 0 Å². The Balaban J connectivity index is 2.23. The summed E-state index contributed by atoms with van der Waals surface area (Å²) in [7, 11) is -6.70. The second kappa shape index (κ2) is 6.63. The van der Waals surface area contributed by atoms with Crippen LogP contribution in [0, 0.1) is 0 Å². The van der Waals surface area contributed by atoms with Gasteiger partial charge in [0, 0.05) is 11.3 Å². The van der Waals surface area contributed by atoms with Gasteiger partial charge in [-0.3, -0.25) is 4.72 Å². The van der Waals surface area contributed by atoms with Crippen molar-refractivity contribution in [3.05, 3.63) is 36.4 Å². The second-order valence-electron chi connectivity index (χ2n) is 4.74. The first-order valence-corrected chi connectivity index (χ1v) is 10.3. The minimum absolute atomic E-state index is 0.00636. The number of hydrogen-bond donors (Lipinski definition) is 1. The predicted octanol–water partition coefficient (Wildman–Crippen LogP) is 1.70. The van der Waals surface area contributed by atoms with E-state index in [1.807, 2.05) is 0 Å². The summed E-state index contributed by atoms with van der Waals surface area (Å²) in [5.41, 5.74) is 1.66. The Labute approximate surface area is 135 Å². The molecule has 1 heterocycles. The number of benzene rings is 1. The number of sulfonamides is 1. The van der Waals surface area contributed by atoms with E-state index >= 15 is 0 Å². The number of nitrogens with zero attached hydrogens (tertiary/aromatic N) is 2. The van der Waals surface area contributed by atoms with E-state index in [-0.39, 0.29) is 16.5 Å². The van der Waals surface area contributed by atoms with Crippen LogP contribution in [0.4, 0.5) is 5.69 Å². The zero-order valence-electron chi connectivity index (χ0n) is 12.7. The highest BCUT2D eigenvalue weighted by Gasteiger charge is 2.14. The van der Waals surface area contributed by atoms with Crippen molar-refractivity contribution in [1.29, 1.82) is 0 Å². The van der Waals surface area contributed by atoms with Crippen molar-refractivity contribution >= 4 is 25.5 Å². The molecule has 0 fully saturated rings. The average molecular weight is 355 g/mol. The van der Waals surface area contributed by atoms with Crippen LogP contribution in [0.15, 0.2) is 41.4 Å². The molecular weight excluding hydrogens is 338 g/mol. The number of hydrogen-bond acceptors (Lipinski definition) is 6. The van der Waals surface area contributed by atoms with Gasteiger partial charge in [0.2, 0.25) is 10.0 Å². The Kier molecular flexibility index (Phi) is 5.00. The molecule has 0 aliphatic carbocycles. The van der Waals surface area contributed by atoms with Crippen molar-refractivity contribution in [2.24, 2.45) is 0 Å². The molecule has 1 aromatic heterocycles. The number of sulfone groups is 1. The number of anilines is 1. The molecule has 23 heavy (non-hydrogen) atoms. The van der Waals surface area contributed by atoms with Crippen LogP contribution < -0.4 is 4.72 Å². The summed E-state index contributed by atoms with van der Waals surface area (Å²) in [4.78, 5) is 0. The fourth-order valence-corrected chi connectivity index (χ4v) is 3.12. The molecule has 0 amide bonds. The van der Waals surface area contributed by atoms with Gasteiger partial charge in [0.05, 0.1) is 17.2 Å². The summed E-state index contributed by atoms with van der Waals surface area (Å²) in [5, 5.41) is 7.60. The fraction of sp³-hybridized carbons (Fsp3) is 0.286. The summed E-state index contributed by atoms with van der Waals surface area (Å²) >= 11 is 0. The fourth-order valence-electron chi connectivity index (χ4n) is 1.75. The third-order valence-electron chi connectivity index (χ3n) is 3.17. The molecule has 0 saturated carbocycles. The molecule has 0 atom stereocenters. The number of aromatic nitrogens is 2. The Morgan fingerprint density at radius 2 is 1.52 bits per heavy atom. The molecule has 2 rings (SSSR count). The van der Waals surface area contributed by atoms with E-state index in [9.17, 15) is 16.8 Å². The quantitative estimate of drug-likeness (QED) is 0.845. The topological polar surface area (TPSA) is 106 Å². The third-order valence-corrected chi connectivity index (χ3v) is 6.09. The largest absolute Gasteiger partial charge is 0.284 e. The van der Waals surface area contributed by atoms with Crippen LogP contribution in [0.5, 0.6) is 0 Å². The van der Waals surface area contributed by atoms with Gasteiger partial charge < -0.3 is 0 Å². The van der Waals surface area contributed by atoms with E-state index in [1.54, 1.807) is 44.2 Å². The predicted molar refractivity (Wildman–Crippen MR) is 88.3 cm³/mol. The molecule has 124 valence electrons. The van der Waals surface area contributed by atoms with Crippen LogP contribution in [0.2, 0.25) is 0 Å². The number of nitrogens with one attached hydrogen (secondary N) is 1. The summed E-state index contributed by atoms with van der Waals surface area (Å²) in [6.45, 7) is 3.10. The molecule has 1 aromatic carbocycles. The molecule has 0 saturated heterocycles. The highest BCUT2D eigenvalue weighted by molar-refractivity contribution is 7.92. The molecule has 0 unspecified atom stereocenters. The maximum Gasteiger partial charge on any atom is 0.232 e. The van der Waals surface area contributed by atoms with E-state index < -0.39 is 19.9 Å². The van der Waals surface area contributed by atoms with Crippen LogP contribution in [-0.2, 0) is 19.9 Å². The van der Waals surface area contributed by atoms with Crippen LogP contribution in [-0.4, -0.2) is 38.5 Å². The van der Waals surface area contributed by atoms with Gasteiger partial charge in [0.1, 0.15) is 0 Å². The molecular formula is C14H17N3O4S2. The van der Waals surface area contributed by atoms with Gasteiger partial charge in [0.15, 0.2) is 14.9 Å². The van der Waals surface area contributed by atoms with Gasteiger partial charge in [-0.15, -0.1) is 10.2 Å². The first-order chi connectivity index (χ1) is 10.8. The maximum atomic E-state index is 11.7. The summed E-state index contributed by atoms with van der Waals surface area (Å²) in [6.07, 6.45) is 0. The Bertz CT molecular complexity index is 875. The summed E-state index contributed by atoms with van der Waals surface area (Å²) in [6, 6.07) is 9.58. The van der Waals surface area contributed by atoms with Crippen LogP contribution in [0.1, 0.15) is 13.8 Å². The Morgan fingerprint density at radius 1 is 0.870 bits per heavy atom. The maximum absolute atomic E-state index is 11.7. The van der Waals surface area contributed by atoms with Gasteiger partial charge in [-0.2, -0.15) is 0 Å². The van der Waals surface area contributed by atoms with Gasteiger partial charge in [0.25, 0.3) is 0 Å². The van der Waals surface area contributed by atoms with Crippen molar-refractivity contribution in [2.75, 3.05) is 16.2 Å². The lowest BCUT2D eigenvalue weighted by Crippen LogP contribution is -2.14. The minimum Gasteiger partial charge on any atom is -0.284 e. The van der Waals surface area contributed by atoms with Crippen molar-refractivity contribution in [2.45, 2.75) is 18.9 Å². The SMILES string of the molecule is CCS(=O)(=O)Nc1ccc(-c2ccc(S(=O)(=O)CC)nn2)cc1. The Hall–Kier alpha value is -2.00. The van der Waals surface area contributed by atoms with Crippen LogP contribution in [0.25, 0.3) is 11.3 Å². The first-order valence-electron chi connectivity index (χ1n) is 6.95. The van der Waals surface area contributed by atoms with Gasteiger partial charge in [-0.25, -0.2) is 16.8 Å². The highest BCUT2D eigenvalue weighted by Crippen LogP contribution is 2.20.